The molecule has 0 bridgehead atoms. The van der Waals surface area contributed by atoms with Crippen LogP contribution in [0.25, 0.3) is 0 Å². The summed E-state index contributed by atoms with van der Waals surface area (Å²) >= 11 is 6.39. The molecule has 2 heteroatoms. The lowest BCUT2D eigenvalue weighted by Gasteiger charge is -2.39. The first-order chi connectivity index (χ1) is 8.27. The van der Waals surface area contributed by atoms with Crippen LogP contribution in [0.4, 0.5) is 0 Å². The number of Topliss-reactive ketones (excluding diaryl/α,β-unsaturated/α-hetero) is 1. The fourth-order valence-electron chi connectivity index (χ4n) is 2.61. The van der Waals surface area contributed by atoms with Gasteiger partial charge in [-0.25, -0.2) is 0 Å². The molecule has 0 radical (unpaired) electrons. The molecule has 0 aliphatic heterocycles. The van der Waals surface area contributed by atoms with Gasteiger partial charge in [-0.3, -0.25) is 4.79 Å². The zero-order valence-electron chi connectivity index (χ0n) is 12.3. The second-order valence-electron chi connectivity index (χ2n) is 6.38. The molecule has 18 heavy (non-hydrogen) atoms. The third-order valence-electron chi connectivity index (χ3n) is 4.83. The first kappa shape index (κ1) is 15.8. The zero-order chi connectivity index (χ0) is 14.0. The molecule has 0 aromatic heterocycles. The first-order valence-electron chi connectivity index (χ1n) is 7.13. The van der Waals surface area contributed by atoms with Gasteiger partial charge in [-0.15, -0.1) is 18.2 Å². The lowest BCUT2D eigenvalue weighted by Crippen LogP contribution is -2.40. The molecule has 0 amide bonds. The highest BCUT2D eigenvalue weighted by Crippen LogP contribution is 2.43. The van der Waals surface area contributed by atoms with Gasteiger partial charge in [0.25, 0.3) is 0 Å². The maximum absolute atomic E-state index is 12.7. The van der Waals surface area contributed by atoms with Gasteiger partial charge in [0.15, 0.2) is 0 Å². The van der Waals surface area contributed by atoms with E-state index in [-0.39, 0.29) is 16.2 Å². The van der Waals surface area contributed by atoms with Crippen molar-refractivity contribution in [1.82, 2.24) is 0 Å². The number of rotatable bonds is 7. The Morgan fingerprint density at radius 1 is 1.50 bits per heavy atom. The summed E-state index contributed by atoms with van der Waals surface area (Å²) in [7, 11) is 0. The quantitative estimate of drug-likeness (QED) is 0.471. The van der Waals surface area contributed by atoms with Crippen LogP contribution in [0.3, 0.4) is 0 Å². The van der Waals surface area contributed by atoms with Gasteiger partial charge in [-0.05, 0) is 45.4 Å². The van der Waals surface area contributed by atoms with Crippen LogP contribution in [0.5, 0.6) is 0 Å². The lowest BCUT2D eigenvalue weighted by atomic mass is 9.65. The van der Waals surface area contributed by atoms with Crippen LogP contribution in [0.2, 0.25) is 0 Å². The van der Waals surface area contributed by atoms with Crippen LogP contribution in [0.1, 0.15) is 59.8 Å². The Balaban J connectivity index is 2.85. The van der Waals surface area contributed by atoms with E-state index in [0.717, 1.165) is 25.7 Å². The summed E-state index contributed by atoms with van der Waals surface area (Å²) in [6, 6.07) is 0. The van der Waals surface area contributed by atoms with Gasteiger partial charge < -0.3 is 0 Å². The summed E-state index contributed by atoms with van der Waals surface area (Å²) in [5.74, 6) is 0.966. The van der Waals surface area contributed by atoms with Gasteiger partial charge in [-0.2, -0.15) is 0 Å². The van der Waals surface area contributed by atoms with Gasteiger partial charge in [-0.1, -0.05) is 26.3 Å². The maximum atomic E-state index is 12.7. The van der Waals surface area contributed by atoms with Crippen molar-refractivity contribution in [3.63, 3.8) is 0 Å². The van der Waals surface area contributed by atoms with Crippen LogP contribution in [-0.4, -0.2) is 10.7 Å². The number of carbonyl (C=O) groups is 1. The minimum absolute atomic E-state index is 0.272. The third kappa shape index (κ3) is 3.17. The van der Waals surface area contributed by atoms with E-state index in [4.69, 9.17) is 11.6 Å². The van der Waals surface area contributed by atoms with E-state index in [1.807, 2.05) is 19.9 Å². The minimum Gasteiger partial charge on any atom is -0.298 e. The number of halogens is 1. The number of hydrogen-bond acceptors (Lipinski definition) is 1. The lowest BCUT2D eigenvalue weighted by molar-refractivity contribution is -0.134. The average Bonchev–Trinajstić information content (AvgIpc) is 2.21. The van der Waals surface area contributed by atoms with Crippen LogP contribution in [0, 0.1) is 17.3 Å². The number of allylic oxidation sites excluding steroid dienone is 1. The van der Waals surface area contributed by atoms with Crippen molar-refractivity contribution in [2.24, 2.45) is 17.3 Å². The third-order valence-corrected chi connectivity index (χ3v) is 5.20. The Morgan fingerprint density at radius 2 is 2.06 bits per heavy atom. The normalized spacial score (nSPS) is 21.8. The fourth-order valence-corrected chi connectivity index (χ4v) is 2.69. The Labute approximate surface area is 117 Å². The highest BCUT2D eigenvalue weighted by Gasteiger charge is 2.42. The fraction of sp³-hybridized carbons (Fsp3) is 0.812. The van der Waals surface area contributed by atoms with E-state index >= 15 is 0 Å². The Morgan fingerprint density at radius 3 is 2.33 bits per heavy atom. The number of carbonyl (C=O) groups excluding carboxylic acids is 1. The van der Waals surface area contributed by atoms with Gasteiger partial charge in [0.05, 0.1) is 0 Å². The molecule has 0 spiro atoms. The summed E-state index contributed by atoms with van der Waals surface area (Å²) in [6.07, 6.45) is 6.86. The van der Waals surface area contributed by atoms with E-state index in [9.17, 15) is 4.79 Å². The van der Waals surface area contributed by atoms with Crippen molar-refractivity contribution in [2.45, 2.75) is 64.7 Å². The maximum Gasteiger partial charge on any atom is 0.145 e. The molecule has 1 aliphatic rings. The number of hydrogen-bond donors (Lipinski definition) is 0. The second kappa shape index (κ2) is 5.77. The summed E-state index contributed by atoms with van der Waals surface area (Å²) in [6.45, 7) is 12.2. The molecule has 1 fully saturated rings. The smallest absolute Gasteiger partial charge is 0.145 e. The van der Waals surface area contributed by atoms with Gasteiger partial charge in [0.1, 0.15) is 5.78 Å². The Hall–Kier alpha value is -0.300. The average molecular weight is 271 g/mol. The van der Waals surface area contributed by atoms with Gasteiger partial charge >= 0.3 is 0 Å². The molecule has 104 valence electrons. The molecule has 0 aromatic rings. The first-order valence-corrected chi connectivity index (χ1v) is 7.51. The van der Waals surface area contributed by atoms with Crippen molar-refractivity contribution in [1.29, 1.82) is 0 Å². The van der Waals surface area contributed by atoms with E-state index < -0.39 is 0 Å². The summed E-state index contributed by atoms with van der Waals surface area (Å²) in [5, 5.41) is 0. The zero-order valence-corrected chi connectivity index (χ0v) is 13.0. The summed E-state index contributed by atoms with van der Waals surface area (Å²) in [5.41, 5.74) is -0.364. The van der Waals surface area contributed by atoms with Gasteiger partial charge in [0, 0.05) is 16.2 Å². The molecular weight excluding hydrogens is 244 g/mol. The Kier molecular flexibility index (Phi) is 5.05. The molecule has 0 N–H and O–H groups in total. The SMILES string of the molecule is C=CC(CC)(CC(C)C(C)(C)Cl)C(=O)C1CCC1. The van der Waals surface area contributed by atoms with E-state index in [1.165, 1.54) is 6.42 Å². The summed E-state index contributed by atoms with van der Waals surface area (Å²) in [4.78, 5) is 12.4. The molecule has 2 unspecified atom stereocenters. The molecule has 0 aromatic carbocycles. The minimum atomic E-state index is -0.364. The highest BCUT2D eigenvalue weighted by molar-refractivity contribution is 6.23. The molecule has 1 aliphatic carbocycles. The predicted molar refractivity (Wildman–Crippen MR) is 79.0 cm³/mol. The van der Waals surface area contributed by atoms with Crippen LogP contribution in [0.15, 0.2) is 12.7 Å². The molecule has 1 saturated carbocycles. The van der Waals surface area contributed by atoms with Crippen molar-refractivity contribution in [3.8, 4) is 0 Å². The van der Waals surface area contributed by atoms with Gasteiger partial charge in [0.2, 0.25) is 0 Å². The van der Waals surface area contributed by atoms with Crippen molar-refractivity contribution in [2.75, 3.05) is 0 Å². The Bertz CT molecular complexity index is 312. The summed E-state index contributed by atoms with van der Waals surface area (Å²) < 4.78 is 0. The molecule has 1 rings (SSSR count). The standard InChI is InChI=1S/C16H27ClO/c1-6-16(7-2,11-12(3)15(4,5)17)14(18)13-9-8-10-13/h6,12-13H,1,7-11H2,2-5H3. The molecule has 2 atom stereocenters. The molecule has 1 nitrogen and oxygen atoms in total. The number of ketones is 1. The van der Waals surface area contributed by atoms with E-state index in [1.54, 1.807) is 0 Å². The van der Waals surface area contributed by atoms with Crippen LogP contribution >= 0.6 is 11.6 Å². The predicted octanol–water partition coefficient (Wildman–Crippen LogP) is 4.98. The highest BCUT2D eigenvalue weighted by atomic mass is 35.5. The largest absolute Gasteiger partial charge is 0.298 e. The molecule has 0 heterocycles. The van der Waals surface area contributed by atoms with Crippen molar-refractivity contribution >= 4 is 17.4 Å². The topological polar surface area (TPSA) is 17.1 Å². The van der Waals surface area contributed by atoms with Crippen molar-refractivity contribution in [3.05, 3.63) is 12.7 Å². The number of alkyl halides is 1. The second-order valence-corrected chi connectivity index (χ2v) is 7.35. The molecule has 0 saturated heterocycles. The molecular formula is C16H27ClO. The van der Waals surface area contributed by atoms with Crippen LogP contribution < -0.4 is 0 Å². The van der Waals surface area contributed by atoms with E-state index in [2.05, 4.69) is 20.4 Å². The van der Waals surface area contributed by atoms with Crippen molar-refractivity contribution < 1.29 is 4.79 Å². The monoisotopic (exact) mass is 270 g/mol. The van der Waals surface area contributed by atoms with E-state index in [0.29, 0.717) is 11.7 Å². The van der Waals surface area contributed by atoms with Crippen LogP contribution in [-0.2, 0) is 4.79 Å².